The van der Waals surface area contributed by atoms with Crippen LogP contribution in [0.15, 0.2) is 30.6 Å². The Morgan fingerprint density at radius 1 is 1.42 bits per heavy atom. The van der Waals surface area contributed by atoms with E-state index in [1.54, 1.807) is 16.9 Å². The third kappa shape index (κ3) is 4.20. The lowest BCUT2D eigenvalue weighted by Crippen LogP contribution is -2.36. The van der Waals surface area contributed by atoms with Crippen molar-refractivity contribution in [3.63, 3.8) is 0 Å². The number of rotatable bonds is 5. The highest BCUT2D eigenvalue weighted by Crippen LogP contribution is 2.38. The zero-order valence-electron chi connectivity index (χ0n) is 13.5. The van der Waals surface area contributed by atoms with Crippen LogP contribution in [-0.4, -0.2) is 34.9 Å². The highest BCUT2D eigenvalue weighted by Gasteiger charge is 2.17. The van der Waals surface area contributed by atoms with Gasteiger partial charge in [0.15, 0.2) is 11.5 Å². The molecule has 1 amide bonds. The fraction of sp³-hybridized carbons (Fsp3) is 0.412. The number of aromatic nitrogens is 2. The van der Waals surface area contributed by atoms with Gasteiger partial charge in [-0.2, -0.15) is 5.10 Å². The van der Waals surface area contributed by atoms with E-state index in [1.165, 1.54) is 0 Å². The fourth-order valence-electron chi connectivity index (χ4n) is 2.63. The van der Waals surface area contributed by atoms with Crippen molar-refractivity contribution in [1.82, 2.24) is 15.1 Å². The van der Waals surface area contributed by atoms with E-state index in [-0.39, 0.29) is 18.4 Å². The summed E-state index contributed by atoms with van der Waals surface area (Å²) < 4.78 is 13.0. The van der Waals surface area contributed by atoms with E-state index < -0.39 is 0 Å². The van der Waals surface area contributed by atoms with Crippen molar-refractivity contribution in [1.29, 1.82) is 0 Å². The number of hydrogen-bond donors (Lipinski definition) is 1. The Bertz CT molecular complexity index is 703. The molecule has 0 radical (unpaired) electrons. The van der Waals surface area contributed by atoms with E-state index in [0.717, 1.165) is 12.0 Å². The third-order valence-electron chi connectivity index (χ3n) is 3.65. The average molecular weight is 350 g/mol. The van der Waals surface area contributed by atoms with Gasteiger partial charge in [-0.05, 0) is 30.7 Å². The minimum atomic E-state index is -0.0692. The number of benzene rings is 1. The van der Waals surface area contributed by atoms with Crippen LogP contribution in [0.1, 0.15) is 18.9 Å². The summed E-state index contributed by atoms with van der Waals surface area (Å²) in [4.78, 5) is 12.2. The normalized spacial score (nSPS) is 14.8. The molecule has 6 nitrogen and oxygen atoms in total. The highest BCUT2D eigenvalue weighted by atomic mass is 35.5. The van der Waals surface area contributed by atoms with Crippen LogP contribution in [0.5, 0.6) is 11.5 Å². The van der Waals surface area contributed by atoms with E-state index in [4.69, 9.17) is 21.1 Å². The molecule has 0 spiro atoms. The van der Waals surface area contributed by atoms with Gasteiger partial charge in [0.1, 0.15) is 0 Å². The maximum atomic E-state index is 12.2. The Morgan fingerprint density at radius 3 is 3.04 bits per heavy atom. The first-order chi connectivity index (χ1) is 11.6. The van der Waals surface area contributed by atoms with E-state index in [9.17, 15) is 4.79 Å². The van der Waals surface area contributed by atoms with Crippen molar-refractivity contribution >= 4 is 17.5 Å². The number of hydrogen-bond acceptors (Lipinski definition) is 4. The van der Waals surface area contributed by atoms with Crippen molar-refractivity contribution < 1.29 is 14.3 Å². The number of nitrogens with zero attached hydrogens (tertiary/aromatic N) is 2. The van der Waals surface area contributed by atoms with Gasteiger partial charge in [-0.1, -0.05) is 11.6 Å². The Kier molecular flexibility index (Phi) is 5.25. The molecule has 0 bridgehead atoms. The topological polar surface area (TPSA) is 65.4 Å². The summed E-state index contributed by atoms with van der Waals surface area (Å²) in [7, 11) is 0. The smallest absolute Gasteiger partial charge is 0.224 e. The lowest BCUT2D eigenvalue weighted by atomic mass is 10.1. The SMILES string of the molecule is C[C@H](Cn1cccn1)NC(=O)Cc1cc(Cl)c2c(c1)OCCCO2. The minimum absolute atomic E-state index is 0.0201. The standard InChI is InChI=1S/C17H20ClN3O3/c1-12(11-21-5-2-4-19-21)20-16(22)10-13-8-14(18)17-15(9-13)23-6-3-7-24-17/h2,4-5,8-9,12H,3,6-7,10-11H2,1H3,(H,20,22)/t12-/m1/s1. The van der Waals surface area contributed by atoms with Crippen LogP contribution in [0.3, 0.4) is 0 Å². The summed E-state index contributed by atoms with van der Waals surface area (Å²) in [5, 5.41) is 7.57. The van der Waals surface area contributed by atoms with E-state index in [0.29, 0.717) is 36.3 Å². The number of halogens is 1. The van der Waals surface area contributed by atoms with Crippen molar-refractivity contribution in [2.24, 2.45) is 0 Å². The number of nitrogens with one attached hydrogen (secondary N) is 1. The predicted octanol–water partition coefficient (Wildman–Crippen LogP) is 2.45. The number of fused-ring (bicyclic) bond motifs is 1. The Balaban J connectivity index is 1.62. The molecule has 1 atom stereocenters. The molecule has 24 heavy (non-hydrogen) atoms. The molecule has 0 unspecified atom stereocenters. The van der Waals surface area contributed by atoms with Crippen LogP contribution in [0, 0.1) is 0 Å². The molecule has 7 heteroatoms. The van der Waals surface area contributed by atoms with Gasteiger partial charge in [0, 0.05) is 24.9 Å². The van der Waals surface area contributed by atoms with Crippen molar-refractivity contribution in [2.75, 3.05) is 13.2 Å². The van der Waals surface area contributed by atoms with E-state index in [2.05, 4.69) is 10.4 Å². The van der Waals surface area contributed by atoms with Crippen LogP contribution >= 0.6 is 11.6 Å². The largest absolute Gasteiger partial charge is 0.489 e. The number of amides is 1. The van der Waals surface area contributed by atoms with Crippen molar-refractivity contribution in [3.8, 4) is 11.5 Å². The van der Waals surface area contributed by atoms with Crippen molar-refractivity contribution in [2.45, 2.75) is 32.4 Å². The van der Waals surface area contributed by atoms with Gasteiger partial charge < -0.3 is 14.8 Å². The Labute approximate surface area is 145 Å². The van der Waals surface area contributed by atoms with E-state index >= 15 is 0 Å². The van der Waals surface area contributed by atoms with Gasteiger partial charge in [0.25, 0.3) is 0 Å². The van der Waals surface area contributed by atoms with Gasteiger partial charge in [0.05, 0.1) is 31.2 Å². The fourth-order valence-corrected chi connectivity index (χ4v) is 2.92. The number of carbonyl (C=O) groups is 1. The third-order valence-corrected chi connectivity index (χ3v) is 3.93. The quantitative estimate of drug-likeness (QED) is 0.900. The van der Waals surface area contributed by atoms with Gasteiger partial charge in [-0.15, -0.1) is 0 Å². The van der Waals surface area contributed by atoms with Crippen LogP contribution < -0.4 is 14.8 Å². The summed E-state index contributed by atoms with van der Waals surface area (Å²) in [6, 6.07) is 5.42. The first-order valence-corrected chi connectivity index (χ1v) is 8.34. The molecule has 0 aliphatic carbocycles. The number of ether oxygens (including phenoxy) is 2. The first kappa shape index (κ1) is 16.6. The Hall–Kier alpha value is -2.21. The molecule has 1 aromatic carbocycles. The van der Waals surface area contributed by atoms with Crippen LogP contribution in [0.4, 0.5) is 0 Å². The second kappa shape index (κ2) is 7.57. The zero-order chi connectivity index (χ0) is 16.9. The lowest BCUT2D eigenvalue weighted by molar-refractivity contribution is -0.121. The van der Waals surface area contributed by atoms with Crippen LogP contribution in [0.2, 0.25) is 5.02 Å². The van der Waals surface area contributed by atoms with Gasteiger partial charge in [0.2, 0.25) is 5.91 Å². The molecule has 1 aromatic heterocycles. The maximum Gasteiger partial charge on any atom is 0.224 e. The Morgan fingerprint density at radius 2 is 2.25 bits per heavy atom. The molecule has 2 heterocycles. The molecule has 128 valence electrons. The minimum Gasteiger partial charge on any atom is -0.489 e. The molecule has 1 N–H and O–H groups in total. The van der Waals surface area contributed by atoms with Crippen LogP contribution in [0.25, 0.3) is 0 Å². The monoisotopic (exact) mass is 349 g/mol. The predicted molar refractivity (Wildman–Crippen MR) is 90.6 cm³/mol. The second-order valence-electron chi connectivity index (χ2n) is 5.83. The highest BCUT2D eigenvalue weighted by molar-refractivity contribution is 6.32. The molecule has 3 rings (SSSR count). The van der Waals surface area contributed by atoms with Gasteiger partial charge in [-0.25, -0.2) is 0 Å². The lowest BCUT2D eigenvalue weighted by Gasteiger charge is -2.15. The molecule has 0 saturated heterocycles. The average Bonchev–Trinajstić information content (AvgIpc) is 2.90. The van der Waals surface area contributed by atoms with Gasteiger partial charge >= 0.3 is 0 Å². The summed E-state index contributed by atoms with van der Waals surface area (Å²) in [5.74, 6) is 1.10. The summed E-state index contributed by atoms with van der Waals surface area (Å²) in [5.41, 5.74) is 0.799. The van der Waals surface area contributed by atoms with Gasteiger partial charge in [-0.3, -0.25) is 9.48 Å². The molecule has 0 saturated carbocycles. The molecule has 1 aliphatic rings. The molecule has 2 aromatic rings. The summed E-state index contributed by atoms with van der Waals surface area (Å²) in [6.45, 7) is 3.73. The molecular formula is C17H20ClN3O3. The maximum absolute atomic E-state index is 12.2. The van der Waals surface area contributed by atoms with Crippen molar-refractivity contribution in [3.05, 3.63) is 41.2 Å². The summed E-state index contributed by atoms with van der Waals surface area (Å²) >= 11 is 6.26. The van der Waals surface area contributed by atoms with Crippen LogP contribution in [-0.2, 0) is 17.8 Å². The molecule has 1 aliphatic heterocycles. The molecule has 0 fully saturated rings. The summed E-state index contributed by atoms with van der Waals surface area (Å²) in [6.07, 6.45) is 4.63. The number of carbonyl (C=O) groups excluding carboxylic acids is 1. The van der Waals surface area contributed by atoms with E-state index in [1.807, 2.05) is 25.3 Å². The second-order valence-corrected chi connectivity index (χ2v) is 6.24. The molecular weight excluding hydrogens is 330 g/mol. The first-order valence-electron chi connectivity index (χ1n) is 7.96. The zero-order valence-corrected chi connectivity index (χ0v) is 14.3.